The van der Waals surface area contributed by atoms with Crippen molar-refractivity contribution in [2.24, 2.45) is 5.92 Å². The van der Waals surface area contributed by atoms with Crippen LogP contribution in [0.5, 0.6) is 0 Å². The standard InChI is InChI=1S/C16H20BrNO4/c1-11(7-6-10-14(19)21-2)15(18-16(20)22-3)12-8-4-5-9-13(12)17/h4-9,11,15H,10H2,1-3H3,(H,18,20)/b7-6+/t11-,15+/m1/s1. The highest BCUT2D eigenvalue weighted by atomic mass is 79.9. The lowest BCUT2D eigenvalue weighted by molar-refractivity contribution is -0.139. The number of hydrogen-bond acceptors (Lipinski definition) is 4. The van der Waals surface area contributed by atoms with Crippen molar-refractivity contribution in [3.05, 3.63) is 46.5 Å². The number of esters is 1. The van der Waals surface area contributed by atoms with Gasteiger partial charge < -0.3 is 14.8 Å². The Balaban J connectivity index is 2.92. The Hall–Kier alpha value is -1.82. The van der Waals surface area contributed by atoms with Crippen LogP contribution in [-0.4, -0.2) is 26.3 Å². The van der Waals surface area contributed by atoms with Crippen LogP contribution >= 0.6 is 15.9 Å². The molecule has 0 aliphatic carbocycles. The maximum atomic E-state index is 11.6. The van der Waals surface area contributed by atoms with Crippen LogP contribution in [0.4, 0.5) is 4.79 Å². The molecular weight excluding hydrogens is 350 g/mol. The summed E-state index contributed by atoms with van der Waals surface area (Å²) >= 11 is 3.49. The number of ether oxygens (including phenoxy) is 2. The molecule has 6 heteroatoms. The Kier molecular flexibility index (Phi) is 7.66. The Morgan fingerprint density at radius 3 is 2.55 bits per heavy atom. The van der Waals surface area contributed by atoms with E-state index in [1.807, 2.05) is 37.3 Å². The molecule has 0 bridgehead atoms. The Morgan fingerprint density at radius 1 is 1.27 bits per heavy atom. The van der Waals surface area contributed by atoms with Crippen LogP contribution in [0.3, 0.4) is 0 Å². The van der Waals surface area contributed by atoms with Crippen molar-refractivity contribution in [3.63, 3.8) is 0 Å². The summed E-state index contributed by atoms with van der Waals surface area (Å²) in [6, 6.07) is 7.36. The number of rotatable bonds is 6. The molecule has 22 heavy (non-hydrogen) atoms. The van der Waals surface area contributed by atoms with E-state index in [1.54, 1.807) is 6.08 Å². The molecule has 0 aromatic heterocycles. The SMILES string of the molecule is COC(=O)C/C=C/[C@@H](C)[C@H](NC(=O)OC)c1ccccc1Br. The third-order valence-electron chi connectivity index (χ3n) is 3.18. The number of benzene rings is 1. The first-order valence-electron chi connectivity index (χ1n) is 6.82. The van der Waals surface area contributed by atoms with E-state index in [-0.39, 0.29) is 24.3 Å². The molecule has 120 valence electrons. The fraction of sp³-hybridized carbons (Fsp3) is 0.375. The summed E-state index contributed by atoms with van der Waals surface area (Å²) in [5.74, 6) is -0.343. The van der Waals surface area contributed by atoms with Crippen molar-refractivity contribution >= 4 is 28.0 Å². The Bertz CT molecular complexity index is 545. The lowest BCUT2D eigenvalue weighted by Gasteiger charge is -2.24. The number of carbonyl (C=O) groups is 2. The molecule has 0 saturated heterocycles. The van der Waals surface area contributed by atoms with Crippen molar-refractivity contribution in [1.29, 1.82) is 0 Å². The molecule has 1 N–H and O–H groups in total. The molecule has 0 aliphatic heterocycles. The van der Waals surface area contributed by atoms with E-state index in [9.17, 15) is 9.59 Å². The van der Waals surface area contributed by atoms with Crippen LogP contribution in [0, 0.1) is 5.92 Å². The molecule has 2 atom stereocenters. The molecule has 1 aromatic rings. The van der Waals surface area contributed by atoms with Gasteiger partial charge in [-0.3, -0.25) is 4.79 Å². The number of amides is 1. The maximum Gasteiger partial charge on any atom is 0.407 e. The second-order valence-corrected chi connectivity index (χ2v) is 5.56. The van der Waals surface area contributed by atoms with Crippen LogP contribution in [0.25, 0.3) is 0 Å². The summed E-state index contributed by atoms with van der Waals surface area (Å²) in [5, 5.41) is 2.82. The molecule has 0 heterocycles. The van der Waals surface area contributed by atoms with Gasteiger partial charge in [-0.2, -0.15) is 0 Å². The lowest BCUT2D eigenvalue weighted by atomic mass is 9.94. The second kappa shape index (κ2) is 9.25. The van der Waals surface area contributed by atoms with Gasteiger partial charge in [0.05, 0.1) is 26.7 Å². The predicted molar refractivity (Wildman–Crippen MR) is 87.4 cm³/mol. The minimum Gasteiger partial charge on any atom is -0.469 e. The number of hydrogen-bond donors (Lipinski definition) is 1. The largest absolute Gasteiger partial charge is 0.469 e. The minimum atomic E-state index is -0.506. The summed E-state index contributed by atoms with van der Waals surface area (Å²) in [6.07, 6.45) is 3.30. The van der Waals surface area contributed by atoms with E-state index in [2.05, 4.69) is 30.7 Å². The molecule has 0 saturated carbocycles. The van der Waals surface area contributed by atoms with Crippen molar-refractivity contribution in [1.82, 2.24) is 5.32 Å². The van der Waals surface area contributed by atoms with E-state index < -0.39 is 6.09 Å². The van der Waals surface area contributed by atoms with Gasteiger partial charge in [-0.05, 0) is 17.5 Å². The quantitative estimate of drug-likeness (QED) is 0.614. The topological polar surface area (TPSA) is 64.6 Å². The first-order valence-corrected chi connectivity index (χ1v) is 7.61. The third kappa shape index (κ3) is 5.52. The van der Waals surface area contributed by atoms with Crippen LogP contribution in [0.2, 0.25) is 0 Å². The van der Waals surface area contributed by atoms with E-state index in [0.717, 1.165) is 10.0 Å². The zero-order valence-electron chi connectivity index (χ0n) is 12.8. The van der Waals surface area contributed by atoms with Gasteiger partial charge >= 0.3 is 12.1 Å². The molecule has 1 aromatic carbocycles. The highest BCUT2D eigenvalue weighted by Gasteiger charge is 2.22. The molecule has 0 radical (unpaired) electrons. The molecule has 1 rings (SSSR count). The molecule has 0 aliphatic rings. The number of nitrogens with one attached hydrogen (secondary N) is 1. The first-order chi connectivity index (χ1) is 10.5. The normalized spacial score (nSPS) is 13.5. The van der Waals surface area contributed by atoms with E-state index in [4.69, 9.17) is 0 Å². The second-order valence-electron chi connectivity index (χ2n) is 4.70. The average Bonchev–Trinajstić information content (AvgIpc) is 2.52. The minimum absolute atomic E-state index is 0.0394. The van der Waals surface area contributed by atoms with Gasteiger partial charge in [0, 0.05) is 4.47 Å². The summed E-state index contributed by atoms with van der Waals surface area (Å²) in [6.45, 7) is 1.95. The van der Waals surface area contributed by atoms with Crippen LogP contribution in [0.15, 0.2) is 40.9 Å². The maximum absolute atomic E-state index is 11.6. The first kappa shape index (κ1) is 18.2. The molecule has 1 amide bonds. The highest BCUT2D eigenvalue weighted by Crippen LogP contribution is 2.29. The number of methoxy groups -OCH3 is 2. The van der Waals surface area contributed by atoms with Crippen LogP contribution < -0.4 is 5.32 Å². The summed E-state index contributed by atoms with van der Waals surface area (Å²) in [5.41, 5.74) is 0.933. The van der Waals surface area contributed by atoms with Crippen LogP contribution in [0.1, 0.15) is 24.9 Å². The van der Waals surface area contributed by atoms with Crippen molar-refractivity contribution in [2.45, 2.75) is 19.4 Å². The fourth-order valence-corrected chi connectivity index (χ4v) is 2.51. The zero-order chi connectivity index (χ0) is 16.5. The van der Waals surface area contributed by atoms with E-state index in [0.29, 0.717) is 0 Å². The third-order valence-corrected chi connectivity index (χ3v) is 3.90. The van der Waals surface area contributed by atoms with Gasteiger partial charge in [-0.1, -0.05) is 53.2 Å². The van der Waals surface area contributed by atoms with Gasteiger partial charge in [-0.15, -0.1) is 0 Å². The van der Waals surface area contributed by atoms with Crippen molar-refractivity contribution in [3.8, 4) is 0 Å². The average molecular weight is 370 g/mol. The predicted octanol–water partition coefficient (Wildman–Crippen LogP) is 3.60. The van der Waals surface area contributed by atoms with Gasteiger partial charge in [0.2, 0.25) is 0 Å². The monoisotopic (exact) mass is 369 g/mol. The number of alkyl carbamates (subject to hydrolysis) is 1. The molecule has 0 unspecified atom stereocenters. The van der Waals surface area contributed by atoms with Gasteiger partial charge in [-0.25, -0.2) is 4.79 Å². The number of carbonyl (C=O) groups excluding carboxylic acids is 2. The van der Waals surface area contributed by atoms with Gasteiger partial charge in [0.25, 0.3) is 0 Å². The Labute approximate surface area is 138 Å². The Morgan fingerprint density at radius 2 is 1.95 bits per heavy atom. The highest BCUT2D eigenvalue weighted by molar-refractivity contribution is 9.10. The van der Waals surface area contributed by atoms with Gasteiger partial charge in [0.1, 0.15) is 0 Å². The smallest absolute Gasteiger partial charge is 0.407 e. The van der Waals surface area contributed by atoms with Crippen LogP contribution in [-0.2, 0) is 14.3 Å². The molecule has 0 spiro atoms. The van der Waals surface area contributed by atoms with E-state index in [1.165, 1.54) is 14.2 Å². The molecule has 5 nitrogen and oxygen atoms in total. The fourth-order valence-electron chi connectivity index (χ4n) is 1.98. The van der Waals surface area contributed by atoms with Crippen molar-refractivity contribution < 1.29 is 19.1 Å². The van der Waals surface area contributed by atoms with Crippen molar-refractivity contribution in [2.75, 3.05) is 14.2 Å². The summed E-state index contributed by atoms with van der Waals surface area (Å²) in [4.78, 5) is 22.7. The lowest BCUT2D eigenvalue weighted by Crippen LogP contribution is -2.32. The molecule has 0 fully saturated rings. The summed E-state index contributed by atoms with van der Waals surface area (Å²) < 4.78 is 10.2. The zero-order valence-corrected chi connectivity index (χ0v) is 14.4. The molecular formula is C16H20BrNO4. The van der Waals surface area contributed by atoms with Gasteiger partial charge in [0.15, 0.2) is 0 Å². The van der Waals surface area contributed by atoms with E-state index >= 15 is 0 Å². The summed E-state index contributed by atoms with van der Waals surface area (Å²) in [7, 11) is 2.67. The number of halogens is 1.